The number of H-pyrrole nitrogens is 1. The number of nitrogens with zero attached hydrogens (tertiary/aromatic N) is 1. The minimum Gasteiger partial charge on any atom is -0.493 e. The first kappa shape index (κ1) is 19.7. The average Bonchev–Trinajstić information content (AvgIpc) is 3.62. The van der Waals surface area contributed by atoms with Crippen LogP contribution in [0.15, 0.2) is 41.2 Å². The number of pyridine rings is 1. The van der Waals surface area contributed by atoms with E-state index in [1.54, 1.807) is 14.2 Å². The molecule has 0 radical (unpaired) electrons. The molecule has 6 nitrogen and oxygen atoms in total. The molecule has 1 aromatic heterocycles. The van der Waals surface area contributed by atoms with Gasteiger partial charge in [-0.05, 0) is 72.5 Å². The topological polar surface area (TPSA) is 71.6 Å². The summed E-state index contributed by atoms with van der Waals surface area (Å²) in [6, 6.07) is 11.4. The zero-order valence-corrected chi connectivity index (χ0v) is 18.0. The second-order valence-corrected chi connectivity index (χ2v) is 8.51. The van der Waals surface area contributed by atoms with E-state index in [-0.39, 0.29) is 17.4 Å². The molecule has 160 valence electrons. The van der Waals surface area contributed by atoms with E-state index < -0.39 is 6.04 Å². The number of amides is 1. The summed E-state index contributed by atoms with van der Waals surface area (Å²) in [4.78, 5) is 31.4. The molecule has 2 aromatic carbocycles. The van der Waals surface area contributed by atoms with Crippen molar-refractivity contribution in [2.75, 3.05) is 20.8 Å². The zero-order valence-electron chi connectivity index (χ0n) is 18.0. The van der Waals surface area contributed by atoms with Gasteiger partial charge in [0.05, 0.1) is 20.3 Å². The fraction of sp³-hybridized carbons (Fsp3) is 0.360. The van der Waals surface area contributed by atoms with Crippen LogP contribution in [0.5, 0.6) is 11.5 Å². The van der Waals surface area contributed by atoms with Crippen LogP contribution in [0.2, 0.25) is 0 Å². The maximum Gasteiger partial charge on any atom is 0.254 e. The SMILES string of the molecule is COc1cc2c(cc1OC)[C@H](c1cc3ccc(C)cc3[nH]c1=O)N(C(=O)C1CC1)CC2. The van der Waals surface area contributed by atoms with Crippen molar-refractivity contribution in [3.63, 3.8) is 0 Å². The van der Waals surface area contributed by atoms with Crippen LogP contribution in [0.3, 0.4) is 0 Å². The summed E-state index contributed by atoms with van der Waals surface area (Å²) in [6.45, 7) is 2.58. The molecule has 1 aliphatic heterocycles. The zero-order chi connectivity index (χ0) is 21.7. The Hall–Kier alpha value is -3.28. The fourth-order valence-electron chi connectivity index (χ4n) is 4.62. The molecule has 1 aliphatic carbocycles. The Labute approximate surface area is 180 Å². The lowest BCUT2D eigenvalue weighted by atomic mass is 9.87. The molecule has 5 rings (SSSR count). The van der Waals surface area contributed by atoms with Crippen LogP contribution in [0.4, 0.5) is 0 Å². The van der Waals surface area contributed by atoms with Gasteiger partial charge < -0.3 is 19.4 Å². The number of aromatic amines is 1. The van der Waals surface area contributed by atoms with Crippen molar-refractivity contribution in [1.82, 2.24) is 9.88 Å². The van der Waals surface area contributed by atoms with E-state index in [0.717, 1.165) is 46.9 Å². The van der Waals surface area contributed by atoms with Gasteiger partial charge >= 0.3 is 0 Å². The molecule has 1 amide bonds. The van der Waals surface area contributed by atoms with E-state index in [1.165, 1.54) is 0 Å². The first-order chi connectivity index (χ1) is 15.0. The summed E-state index contributed by atoms with van der Waals surface area (Å²) >= 11 is 0. The molecular formula is C25H26N2O4. The minimum atomic E-state index is -0.453. The number of aromatic nitrogens is 1. The molecule has 31 heavy (non-hydrogen) atoms. The lowest BCUT2D eigenvalue weighted by molar-refractivity contribution is -0.134. The van der Waals surface area contributed by atoms with Crippen LogP contribution in [0.25, 0.3) is 10.9 Å². The lowest BCUT2D eigenvalue weighted by Gasteiger charge is -2.38. The molecule has 0 saturated heterocycles. The maximum absolute atomic E-state index is 13.2. The van der Waals surface area contributed by atoms with Crippen molar-refractivity contribution >= 4 is 16.8 Å². The van der Waals surface area contributed by atoms with Gasteiger partial charge in [-0.15, -0.1) is 0 Å². The van der Waals surface area contributed by atoms with Crippen LogP contribution < -0.4 is 15.0 Å². The Morgan fingerprint density at radius 3 is 2.48 bits per heavy atom. The third-order valence-electron chi connectivity index (χ3n) is 6.41. The van der Waals surface area contributed by atoms with Gasteiger partial charge in [0.1, 0.15) is 0 Å². The molecule has 0 spiro atoms. The van der Waals surface area contributed by atoms with E-state index in [1.807, 2.05) is 48.2 Å². The first-order valence-electron chi connectivity index (χ1n) is 10.7. The first-order valence-corrected chi connectivity index (χ1v) is 10.7. The van der Waals surface area contributed by atoms with Crippen LogP contribution in [-0.2, 0) is 11.2 Å². The number of methoxy groups -OCH3 is 2. The number of fused-ring (bicyclic) bond motifs is 2. The molecular weight excluding hydrogens is 392 g/mol. The molecule has 0 bridgehead atoms. The molecule has 0 unspecified atom stereocenters. The fourth-order valence-corrected chi connectivity index (χ4v) is 4.62. The highest BCUT2D eigenvalue weighted by atomic mass is 16.5. The summed E-state index contributed by atoms with van der Waals surface area (Å²) < 4.78 is 11.0. The van der Waals surface area contributed by atoms with Crippen molar-refractivity contribution in [3.8, 4) is 11.5 Å². The molecule has 1 N–H and O–H groups in total. The predicted octanol–water partition coefficient (Wildman–Crippen LogP) is 3.74. The van der Waals surface area contributed by atoms with E-state index in [9.17, 15) is 9.59 Å². The Morgan fingerprint density at radius 2 is 1.77 bits per heavy atom. The standard InChI is InChI=1S/C25H26N2O4/c1-14-4-5-17-11-19(24(28)26-20(17)10-14)23-18-13-22(31-3)21(30-2)12-16(18)8-9-27(23)25(29)15-6-7-15/h4-5,10-13,15,23H,6-9H2,1-3H3,(H,26,28)/t23-/m1/s1. The van der Waals surface area contributed by atoms with Gasteiger partial charge in [-0.2, -0.15) is 0 Å². The highest BCUT2D eigenvalue weighted by molar-refractivity contribution is 5.83. The normalized spacial score (nSPS) is 18.0. The molecule has 1 atom stereocenters. The van der Waals surface area contributed by atoms with E-state index >= 15 is 0 Å². The van der Waals surface area contributed by atoms with Crippen LogP contribution >= 0.6 is 0 Å². The van der Waals surface area contributed by atoms with Crippen molar-refractivity contribution in [3.05, 3.63) is 69.0 Å². The van der Waals surface area contributed by atoms with Gasteiger partial charge in [0, 0.05) is 23.5 Å². The molecule has 3 aromatic rings. The van der Waals surface area contributed by atoms with Gasteiger partial charge in [-0.3, -0.25) is 9.59 Å². The van der Waals surface area contributed by atoms with E-state index in [4.69, 9.17) is 9.47 Å². The van der Waals surface area contributed by atoms with E-state index in [2.05, 4.69) is 4.98 Å². The number of hydrogen-bond acceptors (Lipinski definition) is 4. The summed E-state index contributed by atoms with van der Waals surface area (Å²) in [5, 5.41) is 0.951. The van der Waals surface area contributed by atoms with Crippen LogP contribution in [-0.4, -0.2) is 36.6 Å². The van der Waals surface area contributed by atoms with Gasteiger partial charge in [0.2, 0.25) is 5.91 Å². The average molecular weight is 418 g/mol. The Bertz CT molecular complexity index is 1240. The lowest BCUT2D eigenvalue weighted by Crippen LogP contribution is -2.43. The largest absolute Gasteiger partial charge is 0.493 e. The summed E-state index contributed by atoms with van der Waals surface area (Å²) in [5.41, 5.74) is 4.30. The number of aryl methyl sites for hydroxylation is 1. The Morgan fingerprint density at radius 1 is 1.03 bits per heavy atom. The third-order valence-corrected chi connectivity index (χ3v) is 6.41. The molecule has 2 heterocycles. The summed E-state index contributed by atoms with van der Waals surface area (Å²) in [7, 11) is 3.21. The molecule has 6 heteroatoms. The van der Waals surface area contributed by atoms with Gasteiger partial charge in [0.15, 0.2) is 11.5 Å². The van der Waals surface area contributed by atoms with Gasteiger partial charge in [0.25, 0.3) is 5.56 Å². The smallest absolute Gasteiger partial charge is 0.254 e. The number of carbonyl (C=O) groups is 1. The highest BCUT2D eigenvalue weighted by Crippen LogP contribution is 2.43. The maximum atomic E-state index is 13.2. The van der Waals surface area contributed by atoms with Crippen LogP contribution in [0.1, 0.15) is 41.1 Å². The Balaban J connectivity index is 1.72. The predicted molar refractivity (Wildman–Crippen MR) is 119 cm³/mol. The van der Waals surface area contributed by atoms with Crippen molar-refractivity contribution in [2.24, 2.45) is 5.92 Å². The minimum absolute atomic E-state index is 0.0754. The summed E-state index contributed by atoms with van der Waals surface area (Å²) in [6.07, 6.45) is 2.57. The third kappa shape index (κ3) is 3.36. The Kier molecular flexibility index (Phi) is 4.73. The number of rotatable bonds is 4. The quantitative estimate of drug-likeness (QED) is 0.701. The molecule has 1 saturated carbocycles. The number of carbonyl (C=O) groups excluding carboxylic acids is 1. The number of benzene rings is 2. The second kappa shape index (κ2) is 7.45. The van der Waals surface area contributed by atoms with Crippen molar-refractivity contribution < 1.29 is 14.3 Å². The van der Waals surface area contributed by atoms with Crippen LogP contribution in [0, 0.1) is 12.8 Å². The number of nitrogens with one attached hydrogen (secondary N) is 1. The summed E-state index contributed by atoms with van der Waals surface area (Å²) in [5.74, 6) is 1.46. The second-order valence-electron chi connectivity index (χ2n) is 8.51. The highest BCUT2D eigenvalue weighted by Gasteiger charge is 2.40. The van der Waals surface area contributed by atoms with Gasteiger partial charge in [-0.25, -0.2) is 0 Å². The number of ether oxygens (including phenoxy) is 2. The van der Waals surface area contributed by atoms with Gasteiger partial charge in [-0.1, -0.05) is 12.1 Å². The van der Waals surface area contributed by atoms with E-state index in [0.29, 0.717) is 23.6 Å². The monoisotopic (exact) mass is 418 g/mol. The van der Waals surface area contributed by atoms with Crippen molar-refractivity contribution in [1.29, 1.82) is 0 Å². The number of hydrogen-bond donors (Lipinski definition) is 1. The molecule has 2 aliphatic rings. The molecule has 1 fully saturated rings. The van der Waals surface area contributed by atoms with Crippen molar-refractivity contribution in [2.45, 2.75) is 32.2 Å².